The number of carbonyl (C=O) groups excluding carboxylic acids is 1. The normalized spacial score (nSPS) is 17.0. The van der Waals surface area contributed by atoms with Crippen LogP contribution >= 0.6 is 0 Å². The number of aliphatic hydroxyl groups excluding tert-OH is 1. The average Bonchev–Trinajstić information content (AvgIpc) is 3.07. The molecule has 27 heavy (non-hydrogen) atoms. The number of benzene rings is 1. The van der Waals surface area contributed by atoms with Crippen LogP contribution in [-0.2, 0) is 0 Å². The van der Waals surface area contributed by atoms with E-state index in [0.717, 1.165) is 24.3 Å². The number of β-amino-alcohol motifs (C(OH)–C–C–N with tert-alkyl or cyclic N) is 1. The van der Waals surface area contributed by atoms with E-state index in [1.165, 1.54) is 0 Å². The van der Waals surface area contributed by atoms with Crippen LogP contribution in [0.5, 0.6) is 0 Å². The first-order valence-electron chi connectivity index (χ1n) is 9.56. The lowest BCUT2D eigenvalue weighted by Crippen LogP contribution is -2.42. The second-order valence-corrected chi connectivity index (χ2v) is 7.57. The molecule has 6 heteroatoms. The quantitative estimate of drug-likeness (QED) is 0.879. The molecule has 1 atom stereocenters. The Labute approximate surface area is 160 Å². The van der Waals surface area contributed by atoms with E-state index in [0.29, 0.717) is 17.9 Å². The minimum atomic E-state index is -0.317. The molecule has 0 unspecified atom stereocenters. The predicted octanol–water partition coefficient (Wildman–Crippen LogP) is 2.97. The van der Waals surface area contributed by atoms with Gasteiger partial charge in [0.25, 0.3) is 5.91 Å². The first-order chi connectivity index (χ1) is 12.9. The largest absolute Gasteiger partial charge is 0.391 e. The van der Waals surface area contributed by atoms with Crippen molar-refractivity contribution in [1.29, 1.82) is 0 Å². The molecule has 1 amide bonds. The Kier molecular flexibility index (Phi) is 5.75. The molecule has 1 aromatic heterocycles. The van der Waals surface area contributed by atoms with Gasteiger partial charge in [0.2, 0.25) is 0 Å². The number of hydrogen-bond donors (Lipinski definition) is 1. The van der Waals surface area contributed by atoms with E-state index < -0.39 is 0 Å². The molecule has 1 fully saturated rings. The maximum Gasteiger partial charge on any atom is 0.255 e. The standard InChI is InChI=1S/C21H28N4O2/c1-14(2)25(15(3)4)21(27)18-8-6-5-7-17(18)20-22-11-9-19(23-20)24-12-10-16(26)13-24/h5-9,11,14-16,26H,10,12-13H2,1-4H3/t16-/m0/s1. The van der Waals surface area contributed by atoms with Crippen molar-refractivity contribution in [3.63, 3.8) is 0 Å². The van der Waals surface area contributed by atoms with Crippen LogP contribution in [0, 0.1) is 0 Å². The lowest BCUT2D eigenvalue weighted by molar-refractivity contribution is 0.0644. The molecule has 0 bridgehead atoms. The van der Waals surface area contributed by atoms with Crippen molar-refractivity contribution < 1.29 is 9.90 Å². The zero-order valence-corrected chi connectivity index (χ0v) is 16.5. The van der Waals surface area contributed by atoms with E-state index in [4.69, 9.17) is 0 Å². The first-order valence-corrected chi connectivity index (χ1v) is 9.56. The Hall–Kier alpha value is -2.47. The molecule has 6 nitrogen and oxygen atoms in total. The predicted molar refractivity (Wildman–Crippen MR) is 107 cm³/mol. The molecule has 0 radical (unpaired) electrons. The van der Waals surface area contributed by atoms with Crippen molar-refractivity contribution >= 4 is 11.7 Å². The molecule has 0 spiro atoms. The van der Waals surface area contributed by atoms with E-state index in [1.54, 1.807) is 6.20 Å². The molecule has 144 valence electrons. The van der Waals surface area contributed by atoms with Crippen LogP contribution < -0.4 is 4.90 Å². The van der Waals surface area contributed by atoms with Crippen molar-refractivity contribution in [3.8, 4) is 11.4 Å². The Morgan fingerprint density at radius 3 is 2.52 bits per heavy atom. The fraction of sp³-hybridized carbons (Fsp3) is 0.476. The van der Waals surface area contributed by atoms with Gasteiger partial charge in [0.05, 0.1) is 11.7 Å². The Balaban J connectivity index is 1.98. The van der Waals surface area contributed by atoms with Gasteiger partial charge in [-0.1, -0.05) is 18.2 Å². The van der Waals surface area contributed by atoms with E-state index >= 15 is 0 Å². The van der Waals surface area contributed by atoms with Gasteiger partial charge in [-0.05, 0) is 46.2 Å². The van der Waals surface area contributed by atoms with E-state index in [2.05, 4.69) is 14.9 Å². The zero-order valence-electron chi connectivity index (χ0n) is 16.5. The molecule has 1 aromatic carbocycles. The number of aliphatic hydroxyl groups is 1. The molecular formula is C21H28N4O2. The number of aromatic nitrogens is 2. The van der Waals surface area contributed by atoms with E-state index in [-0.39, 0.29) is 24.1 Å². The Morgan fingerprint density at radius 2 is 1.89 bits per heavy atom. The van der Waals surface area contributed by atoms with Crippen molar-refractivity contribution in [2.24, 2.45) is 0 Å². The van der Waals surface area contributed by atoms with Crippen LogP contribution in [0.2, 0.25) is 0 Å². The number of nitrogens with zero attached hydrogens (tertiary/aromatic N) is 4. The first kappa shape index (κ1) is 19.3. The lowest BCUT2D eigenvalue weighted by Gasteiger charge is -2.31. The van der Waals surface area contributed by atoms with Gasteiger partial charge < -0.3 is 14.9 Å². The van der Waals surface area contributed by atoms with Gasteiger partial charge in [0.1, 0.15) is 5.82 Å². The van der Waals surface area contributed by atoms with Gasteiger partial charge in [0.15, 0.2) is 5.82 Å². The lowest BCUT2D eigenvalue weighted by atomic mass is 10.0. The van der Waals surface area contributed by atoms with Crippen LogP contribution in [0.4, 0.5) is 5.82 Å². The highest BCUT2D eigenvalue weighted by molar-refractivity contribution is 6.00. The monoisotopic (exact) mass is 368 g/mol. The van der Waals surface area contributed by atoms with Gasteiger partial charge in [-0.3, -0.25) is 4.79 Å². The highest BCUT2D eigenvalue weighted by Crippen LogP contribution is 2.26. The summed E-state index contributed by atoms with van der Waals surface area (Å²) in [5, 5.41) is 9.79. The van der Waals surface area contributed by atoms with Crippen molar-refractivity contribution in [2.45, 2.75) is 52.3 Å². The SMILES string of the molecule is CC(C)N(C(=O)c1ccccc1-c1nccc(N2CC[C@H](O)C2)n1)C(C)C. The van der Waals surface area contributed by atoms with Gasteiger partial charge in [-0.2, -0.15) is 0 Å². The molecule has 0 saturated carbocycles. The van der Waals surface area contributed by atoms with Gasteiger partial charge >= 0.3 is 0 Å². The fourth-order valence-corrected chi connectivity index (χ4v) is 3.67. The van der Waals surface area contributed by atoms with Crippen LogP contribution in [0.1, 0.15) is 44.5 Å². The average molecular weight is 368 g/mol. The summed E-state index contributed by atoms with van der Waals surface area (Å²) in [6.07, 6.45) is 2.14. The third-order valence-electron chi connectivity index (χ3n) is 4.87. The highest BCUT2D eigenvalue weighted by atomic mass is 16.3. The summed E-state index contributed by atoms with van der Waals surface area (Å²) >= 11 is 0. The third-order valence-corrected chi connectivity index (χ3v) is 4.87. The molecule has 2 heterocycles. The summed E-state index contributed by atoms with van der Waals surface area (Å²) in [6, 6.07) is 9.55. The third kappa shape index (κ3) is 4.11. The zero-order chi connectivity index (χ0) is 19.6. The number of rotatable bonds is 5. The molecule has 0 aliphatic carbocycles. The smallest absolute Gasteiger partial charge is 0.255 e. The Morgan fingerprint density at radius 1 is 1.19 bits per heavy atom. The second-order valence-electron chi connectivity index (χ2n) is 7.57. The minimum absolute atomic E-state index is 0.0128. The second kappa shape index (κ2) is 8.05. The summed E-state index contributed by atoms with van der Waals surface area (Å²) in [6.45, 7) is 9.44. The number of hydrogen-bond acceptors (Lipinski definition) is 5. The van der Waals surface area contributed by atoms with Crippen LogP contribution in [0.15, 0.2) is 36.5 Å². The van der Waals surface area contributed by atoms with Gasteiger partial charge in [-0.15, -0.1) is 0 Å². The van der Waals surface area contributed by atoms with Crippen molar-refractivity contribution in [1.82, 2.24) is 14.9 Å². The summed E-state index contributed by atoms with van der Waals surface area (Å²) < 4.78 is 0. The topological polar surface area (TPSA) is 69.6 Å². The Bertz CT molecular complexity index is 798. The maximum absolute atomic E-state index is 13.2. The molecule has 1 aliphatic heterocycles. The van der Waals surface area contributed by atoms with Crippen LogP contribution in [0.25, 0.3) is 11.4 Å². The molecule has 3 rings (SSSR count). The molecule has 2 aromatic rings. The summed E-state index contributed by atoms with van der Waals surface area (Å²) in [7, 11) is 0. The molecule has 1 N–H and O–H groups in total. The number of carbonyl (C=O) groups is 1. The number of anilines is 1. The maximum atomic E-state index is 13.2. The summed E-state index contributed by atoms with van der Waals surface area (Å²) in [5.74, 6) is 1.30. The summed E-state index contributed by atoms with van der Waals surface area (Å²) in [5.41, 5.74) is 1.34. The van der Waals surface area contributed by atoms with E-state index in [9.17, 15) is 9.90 Å². The minimum Gasteiger partial charge on any atom is -0.391 e. The summed E-state index contributed by atoms with van der Waals surface area (Å²) in [4.78, 5) is 26.3. The van der Waals surface area contributed by atoms with Crippen LogP contribution in [0.3, 0.4) is 0 Å². The van der Waals surface area contributed by atoms with Gasteiger partial charge in [0, 0.05) is 36.9 Å². The van der Waals surface area contributed by atoms with Crippen molar-refractivity contribution in [3.05, 3.63) is 42.1 Å². The van der Waals surface area contributed by atoms with Gasteiger partial charge in [-0.25, -0.2) is 9.97 Å². The fourth-order valence-electron chi connectivity index (χ4n) is 3.67. The number of amides is 1. The van der Waals surface area contributed by atoms with E-state index in [1.807, 2.05) is 62.9 Å². The van der Waals surface area contributed by atoms with Crippen molar-refractivity contribution in [2.75, 3.05) is 18.0 Å². The molecular weight excluding hydrogens is 340 g/mol. The molecule has 1 aliphatic rings. The van der Waals surface area contributed by atoms with Crippen LogP contribution in [-0.4, -0.2) is 57.2 Å². The highest BCUT2D eigenvalue weighted by Gasteiger charge is 2.26. The molecule has 1 saturated heterocycles.